The van der Waals surface area contributed by atoms with Gasteiger partial charge in [0.05, 0.1) is 6.54 Å². The molecule has 2 atom stereocenters. The summed E-state index contributed by atoms with van der Waals surface area (Å²) in [5.41, 5.74) is 5.14. The maximum absolute atomic E-state index is 11.0. The first-order chi connectivity index (χ1) is 10.9. The van der Waals surface area contributed by atoms with Crippen molar-refractivity contribution in [1.29, 1.82) is 0 Å². The Labute approximate surface area is 138 Å². The van der Waals surface area contributed by atoms with Gasteiger partial charge in [-0.15, -0.1) is 12.8 Å². The maximum Gasteiger partial charge on any atom is 0.451 e. The van der Waals surface area contributed by atoms with Gasteiger partial charge in [0, 0.05) is 6.04 Å². The quantitative estimate of drug-likeness (QED) is 0.264. The number of rotatable bonds is 6. The predicted molar refractivity (Wildman–Crippen MR) is 89.4 cm³/mol. The van der Waals surface area contributed by atoms with Gasteiger partial charge in [0.2, 0.25) is 5.91 Å². The number of carbonyl (C=O) groups is 2. The van der Waals surface area contributed by atoms with E-state index >= 15 is 0 Å². The summed E-state index contributed by atoms with van der Waals surface area (Å²) in [5.74, 6) is -1.11. The molecule has 0 aromatic heterocycles. The second-order valence-corrected chi connectivity index (χ2v) is 4.96. The number of piperidine rings is 1. The number of nitrogens with two attached hydrogens (primary N) is 1. The fraction of sp³-hybridized carbons (Fsp3) is 0.714. The molecule has 0 aromatic carbocycles. The summed E-state index contributed by atoms with van der Waals surface area (Å²) >= 11 is 0. The van der Waals surface area contributed by atoms with E-state index in [1.807, 2.05) is 6.92 Å². The molecular formula is C14H28BN3O5. The van der Waals surface area contributed by atoms with Gasteiger partial charge in [-0.1, -0.05) is 19.8 Å². The summed E-state index contributed by atoms with van der Waals surface area (Å²) in [6, 6.07) is -0.639. The third kappa shape index (κ3) is 13.8. The molecule has 1 rings (SSSR count). The SMILES string of the molecule is C#C.CCCCB(O)O.NCC(=O)N[C@H]1CCN[C@@H](C(=O)O)C1. The van der Waals surface area contributed by atoms with Crippen molar-refractivity contribution in [1.82, 2.24) is 10.6 Å². The largest absolute Gasteiger partial charge is 0.480 e. The molecule has 0 unspecified atom stereocenters. The summed E-state index contributed by atoms with van der Waals surface area (Å²) in [4.78, 5) is 21.6. The zero-order valence-corrected chi connectivity index (χ0v) is 13.6. The van der Waals surface area contributed by atoms with Crippen LogP contribution in [0.25, 0.3) is 0 Å². The van der Waals surface area contributed by atoms with Gasteiger partial charge in [0.25, 0.3) is 0 Å². The third-order valence-corrected chi connectivity index (χ3v) is 3.07. The molecule has 7 N–H and O–H groups in total. The van der Waals surface area contributed by atoms with E-state index in [9.17, 15) is 9.59 Å². The van der Waals surface area contributed by atoms with Gasteiger partial charge in [0.1, 0.15) is 6.04 Å². The lowest BCUT2D eigenvalue weighted by atomic mass is 9.84. The molecule has 1 saturated heterocycles. The highest BCUT2D eigenvalue weighted by atomic mass is 16.4. The first-order valence-corrected chi connectivity index (χ1v) is 7.55. The van der Waals surface area contributed by atoms with Crippen LogP contribution in [-0.4, -0.2) is 59.3 Å². The van der Waals surface area contributed by atoms with Crippen LogP contribution in [0, 0.1) is 12.8 Å². The molecule has 0 spiro atoms. The van der Waals surface area contributed by atoms with Crippen LogP contribution in [0.3, 0.4) is 0 Å². The molecule has 1 heterocycles. The molecule has 0 aliphatic carbocycles. The molecule has 1 aliphatic heterocycles. The first kappa shape index (κ1) is 23.7. The van der Waals surface area contributed by atoms with E-state index in [-0.39, 0.29) is 18.5 Å². The van der Waals surface area contributed by atoms with E-state index < -0.39 is 19.1 Å². The molecule has 1 amide bonds. The van der Waals surface area contributed by atoms with E-state index in [0.29, 0.717) is 19.3 Å². The Morgan fingerprint density at radius 1 is 1.39 bits per heavy atom. The van der Waals surface area contributed by atoms with Crippen molar-refractivity contribution in [3.05, 3.63) is 0 Å². The van der Waals surface area contributed by atoms with Gasteiger partial charge < -0.3 is 31.5 Å². The number of nitrogens with one attached hydrogen (secondary N) is 2. The fourth-order valence-electron chi connectivity index (χ4n) is 1.91. The van der Waals surface area contributed by atoms with Gasteiger partial charge in [-0.2, -0.15) is 0 Å². The normalized spacial score (nSPS) is 19.2. The number of aliphatic carboxylic acids is 1. The van der Waals surface area contributed by atoms with Crippen molar-refractivity contribution in [2.75, 3.05) is 13.1 Å². The first-order valence-electron chi connectivity index (χ1n) is 7.55. The number of carboxylic acid groups (broad SMARTS) is 1. The van der Waals surface area contributed by atoms with Crippen molar-refractivity contribution in [3.63, 3.8) is 0 Å². The summed E-state index contributed by atoms with van der Waals surface area (Å²) in [6.45, 7) is 2.57. The van der Waals surface area contributed by atoms with Crippen LogP contribution in [0.1, 0.15) is 32.6 Å². The predicted octanol–water partition coefficient (Wildman–Crippen LogP) is -1.22. The molecule has 8 nitrogen and oxygen atoms in total. The topological polar surface area (TPSA) is 145 Å². The van der Waals surface area contributed by atoms with Crippen LogP contribution in [0.2, 0.25) is 6.32 Å². The molecule has 0 saturated carbocycles. The molecule has 0 radical (unpaired) electrons. The van der Waals surface area contributed by atoms with Crippen LogP contribution in [0.5, 0.6) is 0 Å². The Hall–Kier alpha value is -1.60. The lowest BCUT2D eigenvalue weighted by Crippen LogP contribution is -2.51. The lowest BCUT2D eigenvalue weighted by molar-refractivity contribution is -0.140. The van der Waals surface area contributed by atoms with Crippen molar-refractivity contribution in [3.8, 4) is 12.8 Å². The summed E-state index contributed by atoms with van der Waals surface area (Å²) in [5, 5.41) is 30.8. The number of terminal acetylenes is 1. The Balaban J connectivity index is 0. The van der Waals surface area contributed by atoms with Gasteiger partial charge >= 0.3 is 13.1 Å². The molecular weight excluding hydrogens is 301 g/mol. The molecule has 1 fully saturated rings. The third-order valence-electron chi connectivity index (χ3n) is 3.07. The van der Waals surface area contributed by atoms with E-state index in [2.05, 4.69) is 23.5 Å². The lowest BCUT2D eigenvalue weighted by Gasteiger charge is -2.28. The van der Waals surface area contributed by atoms with Crippen molar-refractivity contribution in [2.24, 2.45) is 5.73 Å². The molecule has 0 bridgehead atoms. The Kier molecular flexibility index (Phi) is 15.8. The highest BCUT2D eigenvalue weighted by molar-refractivity contribution is 6.40. The zero-order chi connectivity index (χ0) is 18.3. The average Bonchev–Trinajstić information content (AvgIpc) is 2.55. The molecule has 0 aromatic rings. The number of hydrogen-bond acceptors (Lipinski definition) is 6. The minimum atomic E-state index is -1.10. The number of amides is 1. The number of carbonyl (C=O) groups excluding carboxylic acids is 1. The van der Waals surface area contributed by atoms with Gasteiger partial charge in [0.15, 0.2) is 0 Å². The van der Waals surface area contributed by atoms with Crippen molar-refractivity contribution >= 4 is 19.0 Å². The highest BCUT2D eigenvalue weighted by Crippen LogP contribution is 2.08. The molecule has 9 heteroatoms. The smallest absolute Gasteiger partial charge is 0.451 e. The monoisotopic (exact) mass is 329 g/mol. The Bertz CT molecular complexity index is 353. The van der Waals surface area contributed by atoms with Gasteiger partial charge in [-0.05, 0) is 25.7 Å². The number of carboxylic acids is 1. The minimum Gasteiger partial charge on any atom is -0.480 e. The van der Waals surface area contributed by atoms with E-state index in [4.69, 9.17) is 20.9 Å². The van der Waals surface area contributed by atoms with Crippen LogP contribution < -0.4 is 16.4 Å². The van der Waals surface area contributed by atoms with E-state index in [1.165, 1.54) is 0 Å². The second kappa shape index (κ2) is 15.3. The van der Waals surface area contributed by atoms with E-state index in [0.717, 1.165) is 19.3 Å². The summed E-state index contributed by atoms with van der Waals surface area (Å²) < 4.78 is 0. The van der Waals surface area contributed by atoms with Gasteiger partial charge in [-0.3, -0.25) is 9.59 Å². The maximum atomic E-state index is 11.0. The Morgan fingerprint density at radius 3 is 2.39 bits per heavy atom. The number of hydrogen-bond donors (Lipinski definition) is 6. The summed E-state index contributed by atoms with van der Waals surface area (Å²) in [7, 11) is -1.10. The standard InChI is InChI=1S/C8H15N3O3.C4H11BO2.C2H2/c9-4-7(12)11-5-1-2-10-6(3-5)8(13)14;1-2-3-4-5(6)7;1-2/h5-6,10H,1-4,9H2,(H,11,12)(H,13,14);6-7H,2-4H2,1H3;1-2H/t5-,6+;;/m0../s1. The van der Waals surface area contributed by atoms with Gasteiger partial charge in [-0.25, -0.2) is 0 Å². The van der Waals surface area contributed by atoms with Crippen LogP contribution >= 0.6 is 0 Å². The average molecular weight is 329 g/mol. The van der Waals surface area contributed by atoms with Crippen LogP contribution in [0.4, 0.5) is 0 Å². The highest BCUT2D eigenvalue weighted by Gasteiger charge is 2.26. The molecule has 132 valence electrons. The second-order valence-electron chi connectivity index (χ2n) is 4.96. The molecule has 1 aliphatic rings. The number of unbranched alkanes of at least 4 members (excludes halogenated alkanes) is 1. The Morgan fingerprint density at radius 2 is 2.00 bits per heavy atom. The van der Waals surface area contributed by atoms with E-state index in [1.54, 1.807) is 0 Å². The van der Waals surface area contributed by atoms with Crippen LogP contribution in [-0.2, 0) is 9.59 Å². The van der Waals surface area contributed by atoms with Crippen LogP contribution in [0.15, 0.2) is 0 Å². The fourth-order valence-corrected chi connectivity index (χ4v) is 1.91. The summed E-state index contributed by atoms with van der Waals surface area (Å²) in [6.07, 6.45) is 11.6. The van der Waals surface area contributed by atoms with Crippen molar-refractivity contribution < 1.29 is 24.7 Å². The van der Waals surface area contributed by atoms with Crippen molar-refractivity contribution in [2.45, 2.75) is 51.0 Å². The molecule has 23 heavy (non-hydrogen) atoms. The minimum absolute atomic E-state index is 0.0539. The zero-order valence-electron chi connectivity index (χ0n) is 13.6.